The number of carbonyl (C=O) groups is 2. The monoisotopic (exact) mass is 354 g/mol. The van der Waals surface area contributed by atoms with E-state index in [1.807, 2.05) is 30.3 Å². The minimum Gasteiger partial charge on any atom is -0.454 e. The first-order valence-corrected chi connectivity index (χ1v) is 8.47. The highest BCUT2D eigenvalue weighted by atomic mass is 16.7. The normalized spacial score (nSPS) is 14.6. The minimum absolute atomic E-state index is 0.148. The fourth-order valence-electron chi connectivity index (χ4n) is 2.87. The topological polar surface area (TPSA) is 81.9 Å². The van der Waals surface area contributed by atoms with Gasteiger partial charge in [0, 0.05) is 12.6 Å². The molecule has 2 aromatic rings. The third kappa shape index (κ3) is 3.70. The number of amides is 1. The summed E-state index contributed by atoms with van der Waals surface area (Å²) in [7, 11) is 1.60. The lowest BCUT2D eigenvalue weighted by Gasteiger charge is -2.27. The molecule has 26 heavy (non-hydrogen) atoms. The van der Waals surface area contributed by atoms with Crippen molar-refractivity contribution in [2.45, 2.75) is 25.4 Å². The molecule has 6 heteroatoms. The zero-order chi connectivity index (χ0) is 18.7. The van der Waals surface area contributed by atoms with Gasteiger partial charge in [-0.05, 0) is 37.1 Å². The fraction of sp³-hybridized carbons (Fsp3) is 0.300. The van der Waals surface area contributed by atoms with Crippen LogP contribution in [0.4, 0.5) is 0 Å². The molecular formula is C20H22N2O4. The maximum absolute atomic E-state index is 12.7. The molecule has 0 radical (unpaired) electrons. The SMILES string of the molecule is C[C@H](C(=O)c1ccc2c(c1)OCO2)N(C)C(=O)[C@@H](N)Cc1ccccc1. The Labute approximate surface area is 152 Å². The van der Waals surface area contributed by atoms with Crippen molar-refractivity contribution in [3.8, 4) is 11.5 Å². The van der Waals surface area contributed by atoms with Gasteiger partial charge < -0.3 is 20.1 Å². The van der Waals surface area contributed by atoms with Crippen molar-refractivity contribution in [3.05, 3.63) is 59.7 Å². The number of fused-ring (bicyclic) bond motifs is 1. The van der Waals surface area contributed by atoms with Gasteiger partial charge in [-0.3, -0.25) is 9.59 Å². The summed E-state index contributed by atoms with van der Waals surface area (Å²) in [5.74, 6) is 0.711. The second kappa shape index (κ2) is 7.58. The molecule has 1 aliphatic heterocycles. The van der Waals surface area contributed by atoms with Crippen molar-refractivity contribution < 1.29 is 19.1 Å². The van der Waals surface area contributed by atoms with E-state index >= 15 is 0 Å². The minimum atomic E-state index is -0.700. The molecule has 3 rings (SSSR count). The van der Waals surface area contributed by atoms with Crippen LogP contribution in [-0.2, 0) is 11.2 Å². The zero-order valence-electron chi connectivity index (χ0n) is 14.8. The van der Waals surface area contributed by atoms with Crippen molar-refractivity contribution >= 4 is 11.7 Å². The average Bonchev–Trinajstić information content (AvgIpc) is 3.14. The van der Waals surface area contributed by atoms with Crippen molar-refractivity contribution in [2.75, 3.05) is 13.8 Å². The molecule has 0 spiro atoms. The van der Waals surface area contributed by atoms with Gasteiger partial charge in [0.15, 0.2) is 17.3 Å². The molecule has 136 valence electrons. The predicted molar refractivity (Wildman–Crippen MR) is 97.2 cm³/mol. The molecular weight excluding hydrogens is 332 g/mol. The van der Waals surface area contributed by atoms with Gasteiger partial charge in [0.25, 0.3) is 0 Å². The van der Waals surface area contributed by atoms with E-state index in [-0.39, 0.29) is 18.5 Å². The zero-order valence-corrected chi connectivity index (χ0v) is 14.8. The molecule has 2 N–H and O–H groups in total. The first kappa shape index (κ1) is 17.9. The maximum Gasteiger partial charge on any atom is 0.240 e. The van der Waals surface area contributed by atoms with E-state index in [9.17, 15) is 9.59 Å². The largest absolute Gasteiger partial charge is 0.454 e. The van der Waals surface area contributed by atoms with Crippen LogP contribution in [0.5, 0.6) is 11.5 Å². The molecule has 2 aromatic carbocycles. The Morgan fingerprint density at radius 1 is 1.12 bits per heavy atom. The summed E-state index contributed by atoms with van der Waals surface area (Å²) in [4.78, 5) is 26.8. The first-order valence-electron chi connectivity index (χ1n) is 8.47. The molecule has 0 saturated heterocycles. The number of hydrogen-bond donors (Lipinski definition) is 1. The lowest BCUT2D eigenvalue weighted by atomic mass is 10.0. The third-order valence-electron chi connectivity index (χ3n) is 4.58. The van der Waals surface area contributed by atoms with Crippen LogP contribution in [0.3, 0.4) is 0 Å². The second-order valence-electron chi connectivity index (χ2n) is 6.35. The molecule has 0 aromatic heterocycles. The van der Waals surface area contributed by atoms with Gasteiger partial charge in [0.2, 0.25) is 12.7 Å². The highest BCUT2D eigenvalue weighted by Crippen LogP contribution is 2.33. The Morgan fingerprint density at radius 3 is 2.54 bits per heavy atom. The summed E-state index contributed by atoms with van der Waals surface area (Å²) < 4.78 is 10.6. The van der Waals surface area contributed by atoms with Gasteiger partial charge in [-0.1, -0.05) is 30.3 Å². The van der Waals surface area contributed by atoms with Crippen LogP contribution in [0.1, 0.15) is 22.8 Å². The number of nitrogens with zero attached hydrogens (tertiary/aromatic N) is 1. The summed E-state index contributed by atoms with van der Waals surface area (Å²) >= 11 is 0. The third-order valence-corrected chi connectivity index (χ3v) is 4.58. The molecule has 1 amide bonds. The number of ketones is 1. The quantitative estimate of drug-likeness (QED) is 0.803. The number of carbonyl (C=O) groups excluding carboxylic acids is 2. The second-order valence-corrected chi connectivity index (χ2v) is 6.35. The molecule has 2 atom stereocenters. The lowest BCUT2D eigenvalue weighted by molar-refractivity contribution is -0.132. The van der Waals surface area contributed by atoms with E-state index in [0.717, 1.165) is 5.56 Å². The number of nitrogens with two attached hydrogens (primary N) is 1. The van der Waals surface area contributed by atoms with Crippen LogP contribution < -0.4 is 15.2 Å². The van der Waals surface area contributed by atoms with Crippen LogP contribution in [0, 0.1) is 0 Å². The standard InChI is InChI=1S/C20H22N2O4/c1-13(19(23)15-8-9-17-18(11-15)26-12-25-17)22(2)20(24)16(21)10-14-6-4-3-5-7-14/h3-9,11,13,16H,10,12,21H2,1-2H3/t13-,16+/m1/s1. The summed E-state index contributed by atoms with van der Waals surface area (Å²) in [5.41, 5.74) is 7.51. The van der Waals surface area contributed by atoms with Gasteiger partial charge >= 0.3 is 0 Å². The summed E-state index contributed by atoms with van der Waals surface area (Å²) in [6.07, 6.45) is 0.426. The number of rotatable bonds is 6. The molecule has 0 fully saturated rings. The lowest BCUT2D eigenvalue weighted by Crippen LogP contribution is -2.49. The molecule has 0 unspecified atom stereocenters. The van der Waals surface area contributed by atoms with E-state index in [1.165, 1.54) is 4.90 Å². The van der Waals surface area contributed by atoms with E-state index < -0.39 is 12.1 Å². The van der Waals surface area contributed by atoms with E-state index in [2.05, 4.69) is 0 Å². The molecule has 0 aliphatic carbocycles. The van der Waals surface area contributed by atoms with Crippen molar-refractivity contribution in [2.24, 2.45) is 5.73 Å². The predicted octanol–water partition coefficient (Wildman–Crippen LogP) is 2.01. The summed E-state index contributed by atoms with van der Waals surface area (Å²) in [5, 5.41) is 0. The Kier molecular flexibility index (Phi) is 5.23. The van der Waals surface area contributed by atoms with Gasteiger partial charge in [0.05, 0.1) is 12.1 Å². The van der Waals surface area contributed by atoms with Gasteiger partial charge in [-0.15, -0.1) is 0 Å². The highest BCUT2D eigenvalue weighted by Gasteiger charge is 2.28. The summed E-state index contributed by atoms with van der Waals surface area (Å²) in [6, 6.07) is 13.3. The number of ether oxygens (including phenoxy) is 2. The Balaban J connectivity index is 1.67. The Hall–Kier alpha value is -2.86. The van der Waals surface area contributed by atoms with E-state index in [0.29, 0.717) is 23.5 Å². The van der Waals surface area contributed by atoms with Crippen molar-refractivity contribution in [1.82, 2.24) is 4.90 Å². The number of hydrogen-bond acceptors (Lipinski definition) is 5. The molecule has 6 nitrogen and oxygen atoms in total. The molecule has 0 bridgehead atoms. The number of Topliss-reactive ketones (excluding diaryl/α,β-unsaturated/α-hetero) is 1. The number of benzene rings is 2. The van der Waals surface area contributed by atoms with Gasteiger partial charge in [-0.25, -0.2) is 0 Å². The molecule has 0 saturated carbocycles. The number of likely N-dealkylation sites (N-methyl/N-ethyl adjacent to an activating group) is 1. The average molecular weight is 354 g/mol. The van der Waals surface area contributed by atoms with Crippen LogP contribution >= 0.6 is 0 Å². The van der Waals surface area contributed by atoms with Gasteiger partial charge in [-0.2, -0.15) is 0 Å². The van der Waals surface area contributed by atoms with Gasteiger partial charge in [0.1, 0.15) is 0 Å². The summed E-state index contributed by atoms with van der Waals surface area (Å²) in [6.45, 7) is 1.84. The maximum atomic E-state index is 12.7. The van der Waals surface area contributed by atoms with Crippen LogP contribution in [-0.4, -0.2) is 42.5 Å². The van der Waals surface area contributed by atoms with Crippen LogP contribution in [0.15, 0.2) is 48.5 Å². The molecule has 1 aliphatic rings. The van der Waals surface area contributed by atoms with E-state index in [4.69, 9.17) is 15.2 Å². The van der Waals surface area contributed by atoms with Crippen molar-refractivity contribution in [3.63, 3.8) is 0 Å². The smallest absolute Gasteiger partial charge is 0.240 e. The fourth-order valence-corrected chi connectivity index (χ4v) is 2.87. The Bertz CT molecular complexity index is 807. The van der Waals surface area contributed by atoms with E-state index in [1.54, 1.807) is 32.2 Å². The highest BCUT2D eigenvalue weighted by molar-refractivity contribution is 6.02. The van der Waals surface area contributed by atoms with Crippen molar-refractivity contribution in [1.29, 1.82) is 0 Å². The van der Waals surface area contributed by atoms with Crippen LogP contribution in [0.2, 0.25) is 0 Å². The molecule has 1 heterocycles. The first-order chi connectivity index (χ1) is 12.5. The van der Waals surface area contributed by atoms with Crippen LogP contribution in [0.25, 0.3) is 0 Å². The Morgan fingerprint density at radius 2 is 1.81 bits per heavy atom.